The molecule has 0 spiro atoms. The number of pyridine rings is 1. The summed E-state index contributed by atoms with van der Waals surface area (Å²) in [5.41, 5.74) is 2.37. The van der Waals surface area contributed by atoms with Crippen molar-refractivity contribution in [1.82, 2.24) is 14.5 Å². The number of rotatable bonds is 9. The van der Waals surface area contributed by atoms with Crippen molar-refractivity contribution < 1.29 is 19.0 Å². The minimum atomic E-state index is -1.11. The molecule has 0 aliphatic carbocycles. The third kappa shape index (κ3) is 6.64. The van der Waals surface area contributed by atoms with Gasteiger partial charge in [0.25, 0.3) is 0 Å². The molecule has 1 fully saturated rings. The molecular weight excluding hydrogens is 457 g/mol. The normalized spacial score (nSPS) is 19.0. The number of carboxylic acids is 1. The molecule has 2 unspecified atom stereocenters. The average Bonchev–Trinajstić information content (AvgIpc) is 3.30. The maximum Gasteiger partial charge on any atom is 0.303 e. The van der Waals surface area contributed by atoms with E-state index in [-0.39, 0.29) is 12.3 Å². The molecule has 3 aromatic rings. The molecule has 0 amide bonds. The Hall–Kier alpha value is -3.37. The van der Waals surface area contributed by atoms with Gasteiger partial charge < -0.3 is 14.4 Å². The molecule has 190 valence electrons. The average molecular weight is 492 g/mol. The van der Waals surface area contributed by atoms with Crippen LogP contribution in [0.5, 0.6) is 5.75 Å². The number of hydrogen-bond acceptors (Lipinski definition) is 4. The number of carbonyl (C=O) groups is 1. The molecule has 7 heteroatoms. The molecule has 36 heavy (non-hydrogen) atoms. The van der Waals surface area contributed by atoms with E-state index in [4.69, 9.17) is 4.74 Å². The number of ether oxygens (including phenoxy) is 1. The van der Waals surface area contributed by atoms with Gasteiger partial charge in [-0.05, 0) is 80.0 Å². The van der Waals surface area contributed by atoms with E-state index in [0.717, 1.165) is 42.4 Å². The molecule has 1 aliphatic rings. The molecule has 4 rings (SSSR count). The summed E-state index contributed by atoms with van der Waals surface area (Å²) in [6.45, 7) is 2.35. The van der Waals surface area contributed by atoms with E-state index >= 15 is 4.39 Å². The fourth-order valence-corrected chi connectivity index (χ4v) is 5.21. The van der Waals surface area contributed by atoms with Crippen molar-refractivity contribution in [1.29, 1.82) is 0 Å². The minimum absolute atomic E-state index is 0.137. The highest BCUT2D eigenvalue weighted by Gasteiger charge is 2.30. The van der Waals surface area contributed by atoms with Crippen molar-refractivity contribution in [2.24, 2.45) is 18.9 Å². The topological polar surface area (TPSA) is 67.6 Å². The number of likely N-dealkylation sites (tertiary alicyclic amines) is 1. The van der Waals surface area contributed by atoms with Crippen LogP contribution in [0.25, 0.3) is 10.9 Å². The number of halogens is 1. The molecule has 6 nitrogen and oxygen atoms in total. The number of piperidine rings is 1. The Morgan fingerprint density at radius 2 is 2.14 bits per heavy atom. The number of aromatic nitrogens is 2. The van der Waals surface area contributed by atoms with E-state index in [2.05, 4.69) is 21.7 Å². The van der Waals surface area contributed by atoms with Gasteiger partial charge >= 0.3 is 5.97 Å². The van der Waals surface area contributed by atoms with Gasteiger partial charge in [0.15, 0.2) is 0 Å². The summed E-state index contributed by atoms with van der Waals surface area (Å²) in [5.74, 6) is 6.86. The van der Waals surface area contributed by atoms with Gasteiger partial charge in [-0.25, -0.2) is 4.39 Å². The molecule has 2 aromatic heterocycles. The summed E-state index contributed by atoms with van der Waals surface area (Å²) in [5, 5.41) is 10.0. The Labute approximate surface area is 212 Å². The number of fused-ring (bicyclic) bond motifs is 1. The van der Waals surface area contributed by atoms with Gasteiger partial charge in [-0.1, -0.05) is 11.8 Å². The summed E-state index contributed by atoms with van der Waals surface area (Å²) in [6.07, 6.45) is 7.30. The summed E-state index contributed by atoms with van der Waals surface area (Å²) in [7, 11) is 3.57. The third-order valence-electron chi connectivity index (χ3n) is 7.18. The summed E-state index contributed by atoms with van der Waals surface area (Å²) in [4.78, 5) is 17.9. The number of aryl methyl sites for hydroxylation is 1. The highest BCUT2D eigenvalue weighted by molar-refractivity contribution is 5.83. The smallest absolute Gasteiger partial charge is 0.303 e. The van der Waals surface area contributed by atoms with Crippen LogP contribution >= 0.6 is 0 Å². The summed E-state index contributed by atoms with van der Waals surface area (Å²) >= 11 is 0. The van der Waals surface area contributed by atoms with Crippen molar-refractivity contribution in [3.8, 4) is 17.6 Å². The number of aliphatic carboxylic acids is 1. The van der Waals surface area contributed by atoms with Gasteiger partial charge in [-0.3, -0.25) is 14.7 Å². The zero-order valence-corrected chi connectivity index (χ0v) is 21.0. The number of alkyl halides is 1. The SMILES string of the molecule is COc1ccc2nccc([C@@H](F)CCC3CCN(CC#Cc4ccn(C)c4)CC3CCC(=O)O)c2c1. The van der Waals surface area contributed by atoms with Crippen molar-refractivity contribution in [3.63, 3.8) is 0 Å². The number of nitrogens with zero attached hydrogens (tertiary/aromatic N) is 3. The van der Waals surface area contributed by atoms with Crippen LogP contribution in [0.2, 0.25) is 0 Å². The highest BCUT2D eigenvalue weighted by atomic mass is 19.1. The quantitative estimate of drug-likeness (QED) is 0.415. The summed E-state index contributed by atoms with van der Waals surface area (Å²) < 4.78 is 22.8. The lowest BCUT2D eigenvalue weighted by atomic mass is 9.79. The lowest BCUT2D eigenvalue weighted by Gasteiger charge is -2.38. The van der Waals surface area contributed by atoms with E-state index in [1.165, 1.54) is 0 Å². The fourth-order valence-electron chi connectivity index (χ4n) is 5.21. The number of carboxylic acid groups (broad SMARTS) is 1. The Morgan fingerprint density at radius 1 is 1.28 bits per heavy atom. The number of benzene rings is 1. The van der Waals surface area contributed by atoms with E-state index in [1.54, 1.807) is 19.4 Å². The number of hydrogen-bond donors (Lipinski definition) is 1. The first-order valence-electron chi connectivity index (χ1n) is 12.5. The van der Waals surface area contributed by atoms with E-state index < -0.39 is 12.1 Å². The molecule has 1 N–H and O–H groups in total. The Morgan fingerprint density at radius 3 is 2.89 bits per heavy atom. The van der Waals surface area contributed by atoms with Crippen LogP contribution < -0.4 is 4.74 Å². The molecular formula is C29H34FN3O3. The fraction of sp³-hybridized carbons (Fsp3) is 0.448. The maximum absolute atomic E-state index is 15.5. The van der Waals surface area contributed by atoms with Gasteiger partial charge in [-0.2, -0.15) is 0 Å². The van der Waals surface area contributed by atoms with Crippen LogP contribution in [0, 0.1) is 23.7 Å². The second-order valence-corrected chi connectivity index (χ2v) is 9.67. The second kappa shape index (κ2) is 12.0. The van der Waals surface area contributed by atoms with Gasteiger partial charge in [0.05, 0.1) is 19.2 Å². The highest BCUT2D eigenvalue weighted by Crippen LogP contribution is 2.36. The lowest BCUT2D eigenvalue weighted by molar-refractivity contribution is -0.137. The zero-order valence-electron chi connectivity index (χ0n) is 21.0. The van der Waals surface area contributed by atoms with Crippen molar-refractivity contribution in [3.05, 3.63) is 60.0 Å². The van der Waals surface area contributed by atoms with Crippen molar-refractivity contribution in [2.75, 3.05) is 26.7 Å². The molecule has 3 heterocycles. The Kier molecular flexibility index (Phi) is 8.61. The molecule has 0 radical (unpaired) electrons. The Balaban J connectivity index is 1.39. The molecule has 3 atom stereocenters. The first-order chi connectivity index (χ1) is 17.4. The first kappa shape index (κ1) is 25.7. The van der Waals surface area contributed by atoms with E-state index in [0.29, 0.717) is 36.6 Å². The van der Waals surface area contributed by atoms with Gasteiger partial charge in [0.2, 0.25) is 0 Å². The lowest BCUT2D eigenvalue weighted by Crippen LogP contribution is -2.41. The van der Waals surface area contributed by atoms with Crippen LogP contribution in [0.1, 0.15) is 49.4 Å². The third-order valence-corrected chi connectivity index (χ3v) is 7.18. The molecule has 0 saturated carbocycles. The van der Waals surface area contributed by atoms with Crippen LogP contribution in [0.3, 0.4) is 0 Å². The van der Waals surface area contributed by atoms with Gasteiger partial charge in [0.1, 0.15) is 11.9 Å². The number of methoxy groups -OCH3 is 1. The van der Waals surface area contributed by atoms with Crippen LogP contribution in [0.15, 0.2) is 48.9 Å². The maximum atomic E-state index is 15.5. The van der Waals surface area contributed by atoms with Gasteiger partial charge in [0, 0.05) is 49.6 Å². The van der Waals surface area contributed by atoms with Crippen molar-refractivity contribution in [2.45, 2.75) is 38.3 Å². The minimum Gasteiger partial charge on any atom is -0.497 e. The second-order valence-electron chi connectivity index (χ2n) is 9.67. The molecule has 1 aromatic carbocycles. The first-order valence-corrected chi connectivity index (χ1v) is 12.5. The molecule has 0 bridgehead atoms. The van der Waals surface area contributed by atoms with Crippen LogP contribution in [0.4, 0.5) is 4.39 Å². The molecule has 1 saturated heterocycles. The Bertz CT molecular complexity index is 1250. The standard InChI is InChI=1S/C29H34FN3O3/c1-32-16-12-21(19-32)4-3-15-33-17-13-22(23(20-33)6-10-29(34)35)5-8-27(30)25-11-14-31-28-9-7-24(36-2)18-26(25)28/h7,9,11-12,14,16,18-19,22-23,27H,5-6,8,10,13,15,17,20H2,1-2H3,(H,34,35)/t22?,23?,27-/m0/s1. The predicted molar refractivity (Wildman–Crippen MR) is 139 cm³/mol. The van der Waals surface area contributed by atoms with E-state index in [1.807, 2.05) is 48.3 Å². The van der Waals surface area contributed by atoms with Crippen molar-refractivity contribution >= 4 is 16.9 Å². The van der Waals surface area contributed by atoms with E-state index in [9.17, 15) is 9.90 Å². The largest absolute Gasteiger partial charge is 0.497 e. The van der Waals surface area contributed by atoms with Crippen LogP contribution in [-0.4, -0.2) is 52.3 Å². The van der Waals surface area contributed by atoms with Gasteiger partial charge in [-0.15, -0.1) is 0 Å². The predicted octanol–water partition coefficient (Wildman–Crippen LogP) is 5.23. The zero-order chi connectivity index (χ0) is 25.5. The monoisotopic (exact) mass is 491 g/mol. The summed E-state index contributed by atoms with van der Waals surface area (Å²) in [6, 6.07) is 9.27. The molecule has 1 aliphatic heterocycles. The van der Waals surface area contributed by atoms with Crippen LogP contribution in [-0.2, 0) is 11.8 Å².